The first-order valence-corrected chi connectivity index (χ1v) is 10.6. The highest BCUT2D eigenvalue weighted by molar-refractivity contribution is 7.90. The van der Waals surface area contributed by atoms with Gasteiger partial charge in [0.1, 0.15) is 0 Å². The quantitative estimate of drug-likeness (QED) is 0.419. The number of para-hydroxylation sites is 1. The number of hydrogen-bond acceptors (Lipinski definition) is 2. The molecule has 0 amide bonds. The van der Waals surface area contributed by atoms with Gasteiger partial charge in [0, 0.05) is 21.3 Å². The van der Waals surface area contributed by atoms with E-state index in [-0.39, 0.29) is 4.90 Å². The van der Waals surface area contributed by atoms with Gasteiger partial charge in [-0.15, -0.1) is 0 Å². The average Bonchev–Trinajstić information content (AvgIpc) is 3.29. The van der Waals surface area contributed by atoms with E-state index >= 15 is 0 Å². The maximum absolute atomic E-state index is 13.5. The molecule has 0 aliphatic rings. The van der Waals surface area contributed by atoms with Crippen molar-refractivity contribution in [3.05, 3.63) is 90.0 Å². The summed E-state index contributed by atoms with van der Waals surface area (Å²) >= 11 is 6.11. The van der Waals surface area contributed by atoms with Gasteiger partial charge in [0.05, 0.1) is 21.8 Å². The molecule has 138 valence electrons. The van der Waals surface area contributed by atoms with Gasteiger partial charge in [0.25, 0.3) is 10.0 Å². The summed E-state index contributed by atoms with van der Waals surface area (Å²) in [6.45, 7) is 0. The van der Waals surface area contributed by atoms with Crippen molar-refractivity contribution < 1.29 is 8.42 Å². The molecule has 0 saturated heterocycles. The molecule has 0 radical (unpaired) electrons. The van der Waals surface area contributed by atoms with Gasteiger partial charge in [-0.25, -0.2) is 12.4 Å². The molecule has 0 aliphatic carbocycles. The fourth-order valence-corrected chi connectivity index (χ4v) is 5.24. The van der Waals surface area contributed by atoms with E-state index in [9.17, 15) is 8.42 Å². The van der Waals surface area contributed by atoms with Crippen LogP contribution >= 0.6 is 11.6 Å². The first kappa shape index (κ1) is 17.1. The predicted octanol–water partition coefficient (Wildman–Crippen LogP) is 5.68. The molecule has 0 spiro atoms. The summed E-state index contributed by atoms with van der Waals surface area (Å²) in [6.07, 6.45) is 0. The van der Waals surface area contributed by atoms with Crippen molar-refractivity contribution in [3.8, 4) is 11.4 Å². The molecule has 0 aliphatic heterocycles. The van der Waals surface area contributed by atoms with Crippen LogP contribution in [0.25, 0.3) is 33.2 Å². The molecule has 2 aromatic heterocycles. The van der Waals surface area contributed by atoms with Crippen LogP contribution in [0.4, 0.5) is 0 Å². The number of nitrogens with one attached hydrogen (secondary N) is 1. The van der Waals surface area contributed by atoms with Crippen molar-refractivity contribution in [3.63, 3.8) is 0 Å². The van der Waals surface area contributed by atoms with E-state index in [1.54, 1.807) is 36.4 Å². The average molecular weight is 407 g/mol. The molecule has 0 saturated carbocycles. The van der Waals surface area contributed by atoms with E-state index in [1.165, 1.54) is 3.97 Å². The summed E-state index contributed by atoms with van der Waals surface area (Å²) in [7, 11) is -3.78. The highest BCUT2D eigenvalue weighted by Crippen LogP contribution is 2.33. The Bertz CT molecular complexity index is 1430. The van der Waals surface area contributed by atoms with Crippen molar-refractivity contribution in [2.45, 2.75) is 4.90 Å². The second-order valence-corrected chi connectivity index (χ2v) is 8.81. The molecule has 0 atom stereocenters. The molecule has 28 heavy (non-hydrogen) atoms. The largest absolute Gasteiger partial charge is 0.353 e. The zero-order chi connectivity index (χ0) is 19.3. The van der Waals surface area contributed by atoms with Crippen LogP contribution in [0.5, 0.6) is 0 Å². The number of H-pyrrole nitrogens is 1. The van der Waals surface area contributed by atoms with Crippen LogP contribution in [0, 0.1) is 0 Å². The smallest absolute Gasteiger partial charge is 0.268 e. The van der Waals surface area contributed by atoms with Crippen LogP contribution < -0.4 is 0 Å². The van der Waals surface area contributed by atoms with Crippen molar-refractivity contribution in [2.75, 3.05) is 0 Å². The first-order valence-electron chi connectivity index (χ1n) is 8.74. The second kappa shape index (κ2) is 6.26. The van der Waals surface area contributed by atoms with E-state index in [2.05, 4.69) is 4.98 Å². The van der Waals surface area contributed by atoms with Gasteiger partial charge in [-0.1, -0.05) is 48.0 Å². The Morgan fingerprint density at radius 1 is 0.786 bits per heavy atom. The summed E-state index contributed by atoms with van der Waals surface area (Å²) < 4.78 is 28.4. The van der Waals surface area contributed by atoms with Crippen LogP contribution in [0.1, 0.15) is 0 Å². The van der Waals surface area contributed by atoms with Crippen LogP contribution in [-0.4, -0.2) is 17.4 Å². The summed E-state index contributed by atoms with van der Waals surface area (Å²) in [6, 6.07) is 25.3. The maximum atomic E-state index is 13.5. The van der Waals surface area contributed by atoms with Crippen molar-refractivity contribution in [2.24, 2.45) is 0 Å². The molecule has 0 fully saturated rings. The highest BCUT2D eigenvalue weighted by atomic mass is 35.5. The predicted molar refractivity (Wildman–Crippen MR) is 113 cm³/mol. The zero-order valence-corrected chi connectivity index (χ0v) is 16.2. The number of aromatic nitrogens is 2. The fraction of sp³-hybridized carbons (Fsp3) is 0. The van der Waals surface area contributed by atoms with E-state index in [1.807, 2.05) is 48.5 Å². The van der Waals surface area contributed by atoms with Crippen LogP contribution in [0.3, 0.4) is 0 Å². The summed E-state index contributed by atoms with van der Waals surface area (Å²) in [4.78, 5) is 3.57. The van der Waals surface area contributed by atoms with Gasteiger partial charge in [0.15, 0.2) is 0 Å². The molecule has 6 heteroatoms. The Labute approximate surface area is 167 Å². The van der Waals surface area contributed by atoms with E-state index in [4.69, 9.17) is 11.6 Å². The monoisotopic (exact) mass is 406 g/mol. The summed E-state index contributed by atoms with van der Waals surface area (Å²) in [5.41, 5.74) is 2.83. The minimum atomic E-state index is -3.78. The van der Waals surface area contributed by atoms with Crippen LogP contribution in [0.2, 0.25) is 5.02 Å². The normalized spacial score (nSPS) is 12.0. The third-order valence-corrected chi connectivity index (χ3v) is 6.78. The topological polar surface area (TPSA) is 54.9 Å². The van der Waals surface area contributed by atoms with Gasteiger partial charge < -0.3 is 4.98 Å². The highest BCUT2D eigenvalue weighted by Gasteiger charge is 2.24. The SMILES string of the molecule is O=S(=O)(c1ccccc1)n1c(-c2cc3cc(Cl)ccc3[nH]2)cc2ccccc21. The Hall–Kier alpha value is -3.02. The number of benzene rings is 3. The zero-order valence-electron chi connectivity index (χ0n) is 14.6. The maximum Gasteiger partial charge on any atom is 0.268 e. The van der Waals surface area contributed by atoms with Gasteiger partial charge in [-0.3, -0.25) is 0 Å². The number of fused-ring (bicyclic) bond motifs is 2. The molecule has 5 aromatic rings. The minimum Gasteiger partial charge on any atom is -0.353 e. The number of halogens is 1. The van der Waals surface area contributed by atoms with E-state index < -0.39 is 10.0 Å². The molecule has 0 bridgehead atoms. The Morgan fingerprint density at radius 2 is 1.54 bits per heavy atom. The molecular weight excluding hydrogens is 392 g/mol. The van der Waals surface area contributed by atoms with Crippen LogP contribution in [-0.2, 0) is 10.0 Å². The van der Waals surface area contributed by atoms with Crippen molar-refractivity contribution in [1.29, 1.82) is 0 Å². The minimum absolute atomic E-state index is 0.247. The third kappa shape index (κ3) is 2.63. The Kier molecular flexibility index (Phi) is 3.82. The number of hydrogen-bond donors (Lipinski definition) is 1. The molecule has 2 heterocycles. The summed E-state index contributed by atoms with van der Waals surface area (Å²) in [5.74, 6) is 0. The number of aromatic amines is 1. The lowest BCUT2D eigenvalue weighted by Gasteiger charge is -2.11. The van der Waals surface area contributed by atoms with E-state index in [0.717, 1.165) is 16.3 Å². The molecule has 0 unspecified atom stereocenters. The van der Waals surface area contributed by atoms with E-state index in [0.29, 0.717) is 21.9 Å². The van der Waals surface area contributed by atoms with Gasteiger partial charge in [-0.2, -0.15) is 0 Å². The van der Waals surface area contributed by atoms with Crippen molar-refractivity contribution >= 4 is 43.4 Å². The number of nitrogens with zero attached hydrogens (tertiary/aromatic N) is 1. The second-order valence-electron chi connectivity index (χ2n) is 6.59. The van der Waals surface area contributed by atoms with Gasteiger partial charge in [0.2, 0.25) is 0 Å². The standard InChI is InChI=1S/C22H15ClN2O2S/c23-17-10-11-19-16(12-17)13-20(24-19)22-14-15-6-4-5-9-21(15)25(22)28(26,27)18-7-2-1-3-8-18/h1-14,24H. The van der Waals surface area contributed by atoms with Crippen molar-refractivity contribution in [1.82, 2.24) is 8.96 Å². The fourth-order valence-electron chi connectivity index (χ4n) is 3.52. The number of rotatable bonds is 3. The van der Waals surface area contributed by atoms with Gasteiger partial charge in [-0.05, 0) is 48.5 Å². The summed E-state index contributed by atoms with van der Waals surface area (Å²) in [5, 5.41) is 2.42. The Balaban J connectivity index is 1.83. The Morgan fingerprint density at radius 3 is 2.36 bits per heavy atom. The molecule has 1 N–H and O–H groups in total. The first-order chi connectivity index (χ1) is 13.5. The lowest BCUT2D eigenvalue weighted by atomic mass is 10.2. The molecule has 5 rings (SSSR count). The third-order valence-electron chi connectivity index (χ3n) is 4.81. The lowest BCUT2D eigenvalue weighted by molar-refractivity contribution is 0.589. The molecule has 4 nitrogen and oxygen atoms in total. The van der Waals surface area contributed by atoms with Gasteiger partial charge >= 0.3 is 0 Å². The molecular formula is C22H15ClN2O2S. The molecule has 3 aromatic carbocycles. The lowest BCUT2D eigenvalue weighted by Crippen LogP contribution is -2.14. The van der Waals surface area contributed by atoms with Crippen LogP contribution in [0.15, 0.2) is 89.8 Å².